The maximum atomic E-state index is 11.5. The fourth-order valence-electron chi connectivity index (χ4n) is 4.43. The van der Waals surface area contributed by atoms with Crippen LogP contribution < -0.4 is 4.80 Å². The molecule has 0 amide bonds. The minimum absolute atomic E-state index is 0.0421. The maximum absolute atomic E-state index is 11.5. The number of rotatable bonds is 6. The van der Waals surface area contributed by atoms with Crippen LogP contribution in [0.4, 0.5) is 11.4 Å². The summed E-state index contributed by atoms with van der Waals surface area (Å²) in [6.45, 7) is 0. The van der Waals surface area contributed by atoms with Gasteiger partial charge in [0.25, 0.3) is 5.69 Å². The number of para-hydroxylation sites is 2. The Hall–Kier alpha value is -3.91. The number of aromatic nitrogens is 2. The van der Waals surface area contributed by atoms with Crippen LogP contribution in [0.1, 0.15) is 49.3 Å². The van der Waals surface area contributed by atoms with E-state index in [1.54, 1.807) is 35.3 Å². The van der Waals surface area contributed by atoms with Gasteiger partial charge in [-0.1, -0.05) is 61.7 Å². The van der Waals surface area contributed by atoms with Crippen molar-refractivity contribution >= 4 is 28.9 Å². The van der Waals surface area contributed by atoms with Crippen LogP contribution in [0.3, 0.4) is 0 Å². The molecule has 0 bridgehead atoms. The minimum atomic E-state index is -0.418. The van der Waals surface area contributed by atoms with Crippen molar-refractivity contribution in [3.8, 4) is 11.3 Å². The van der Waals surface area contributed by atoms with Gasteiger partial charge in [0.05, 0.1) is 22.5 Å². The molecule has 0 radical (unpaired) electrons. The number of nitrogens with zero attached hydrogens (tertiary/aromatic N) is 5. The summed E-state index contributed by atoms with van der Waals surface area (Å²) >= 11 is 1.39. The van der Waals surface area contributed by atoms with Crippen LogP contribution in [-0.4, -0.2) is 20.8 Å². The van der Waals surface area contributed by atoms with Crippen LogP contribution in [0.5, 0.6) is 0 Å². The van der Waals surface area contributed by atoms with E-state index >= 15 is 0 Å². The molecule has 2 aromatic heterocycles. The Balaban J connectivity index is 1.57. The first kappa shape index (κ1) is 22.9. The van der Waals surface area contributed by atoms with E-state index in [-0.39, 0.29) is 5.69 Å². The smallest absolute Gasteiger partial charge is 0.258 e. The second-order valence-electron chi connectivity index (χ2n) is 8.53. The molecule has 0 aliphatic heterocycles. The second kappa shape index (κ2) is 10.6. The Morgan fingerprint density at radius 1 is 1.00 bits per heavy atom. The third-order valence-electron chi connectivity index (χ3n) is 6.26. The molecule has 4 aromatic rings. The summed E-state index contributed by atoms with van der Waals surface area (Å²) in [6.07, 6.45) is 9.83. The molecular formula is C27H25N5O2S. The molecule has 0 unspecified atom stereocenters. The Bertz CT molecular complexity index is 1400. The van der Waals surface area contributed by atoms with E-state index in [1.165, 1.54) is 55.1 Å². The Kier molecular flexibility index (Phi) is 6.90. The lowest BCUT2D eigenvalue weighted by Crippen LogP contribution is -2.12. The summed E-state index contributed by atoms with van der Waals surface area (Å²) in [5, 5.41) is 18.2. The van der Waals surface area contributed by atoms with Crippen molar-refractivity contribution in [1.82, 2.24) is 9.66 Å². The van der Waals surface area contributed by atoms with Gasteiger partial charge in [-0.15, -0.1) is 11.3 Å². The van der Waals surface area contributed by atoms with Crippen LogP contribution in [0.2, 0.25) is 0 Å². The molecule has 5 rings (SSSR count). The van der Waals surface area contributed by atoms with Gasteiger partial charge in [0.15, 0.2) is 0 Å². The van der Waals surface area contributed by atoms with E-state index < -0.39 is 4.92 Å². The molecule has 176 valence electrons. The van der Waals surface area contributed by atoms with Crippen molar-refractivity contribution in [2.75, 3.05) is 0 Å². The highest BCUT2D eigenvalue weighted by Crippen LogP contribution is 2.34. The summed E-state index contributed by atoms with van der Waals surface area (Å²) in [6, 6.07) is 20.8. The lowest BCUT2D eigenvalue weighted by atomic mass is 9.84. The van der Waals surface area contributed by atoms with Crippen molar-refractivity contribution in [2.45, 2.75) is 38.0 Å². The highest BCUT2D eigenvalue weighted by atomic mass is 32.1. The SMILES string of the molecule is O=[N+]([O-])c1ccccc1N=c1scc(-c2ccc(C3CCCCC3)cc2)n1N=Cc1ccccn1. The van der Waals surface area contributed by atoms with Crippen LogP contribution >= 0.6 is 11.3 Å². The van der Waals surface area contributed by atoms with Gasteiger partial charge in [0, 0.05) is 23.2 Å². The van der Waals surface area contributed by atoms with Crippen molar-refractivity contribution in [3.63, 3.8) is 0 Å². The van der Waals surface area contributed by atoms with Crippen LogP contribution in [0, 0.1) is 10.1 Å². The highest BCUT2D eigenvalue weighted by molar-refractivity contribution is 7.07. The molecule has 1 fully saturated rings. The van der Waals surface area contributed by atoms with Gasteiger partial charge in [0.2, 0.25) is 4.80 Å². The van der Waals surface area contributed by atoms with E-state index in [0.29, 0.717) is 22.1 Å². The Morgan fingerprint density at radius 3 is 2.51 bits per heavy atom. The van der Waals surface area contributed by atoms with E-state index in [9.17, 15) is 10.1 Å². The van der Waals surface area contributed by atoms with Gasteiger partial charge in [-0.25, -0.2) is 9.67 Å². The quantitative estimate of drug-likeness (QED) is 0.174. The average molecular weight is 484 g/mol. The largest absolute Gasteiger partial charge is 0.294 e. The van der Waals surface area contributed by atoms with Crippen molar-refractivity contribution in [2.24, 2.45) is 10.1 Å². The van der Waals surface area contributed by atoms with Crippen molar-refractivity contribution in [1.29, 1.82) is 0 Å². The minimum Gasteiger partial charge on any atom is -0.258 e. The lowest BCUT2D eigenvalue weighted by Gasteiger charge is -2.22. The second-order valence-corrected chi connectivity index (χ2v) is 9.37. The third kappa shape index (κ3) is 5.27. The first-order valence-corrected chi connectivity index (χ1v) is 12.6. The Labute approximate surface area is 207 Å². The number of hydrogen-bond acceptors (Lipinski definition) is 6. The zero-order valence-electron chi connectivity index (χ0n) is 19.2. The molecule has 1 aliphatic rings. The highest BCUT2D eigenvalue weighted by Gasteiger charge is 2.17. The van der Waals surface area contributed by atoms with Crippen molar-refractivity contribution in [3.05, 3.63) is 104 Å². The third-order valence-corrected chi connectivity index (χ3v) is 7.07. The zero-order valence-corrected chi connectivity index (χ0v) is 20.0. The molecule has 7 nitrogen and oxygen atoms in total. The number of nitro benzene ring substituents is 1. The van der Waals surface area contributed by atoms with Crippen LogP contribution in [-0.2, 0) is 0 Å². The van der Waals surface area contributed by atoms with E-state index in [4.69, 9.17) is 0 Å². The normalized spacial score (nSPS) is 15.0. The molecular weight excluding hydrogens is 458 g/mol. The molecule has 0 spiro atoms. The molecule has 0 atom stereocenters. The summed E-state index contributed by atoms with van der Waals surface area (Å²) in [4.78, 5) is 20.6. The van der Waals surface area contributed by atoms with E-state index in [2.05, 4.69) is 39.3 Å². The summed E-state index contributed by atoms with van der Waals surface area (Å²) < 4.78 is 1.73. The molecule has 2 aromatic carbocycles. The van der Waals surface area contributed by atoms with Crippen LogP contribution in [0.15, 0.2) is 88.4 Å². The first-order valence-electron chi connectivity index (χ1n) is 11.7. The number of hydrogen-bond donors (Lipinski definition) is 0. The van der Waals surface area contributed by atoms with E-state index in [0.717, 1.165) is 11.3 Å². The molecule has 2 heterocycles. The predicted octanol–water partition coefficient (Wildman–Crippen LogP) is 6.68. The number of benzene rings is 2. The Morgan fingerprint density at radius 2 is 1.77 bits per heavy atom. The van der Waals surface area contributed by atoms with Gasteiger partial charge in [0.1, 0.15) is 5.69 Å². The average Bonchev–Trinajstić information content (AvgIpc) is 3.31. The molecule has 1 aliphatic carbocycles. The van der Waals surface area contributed by atoms with Gasteiger partial charge >= 0.3 is 0 Å². The standard InChI is InChI=1S/C27H25N5O2S/c33-32(34)25-12-5-4-11-24(25)30-27-31(29-18-23-10-6-7-17-28-23)26(19-35-27)22-15-13-21(14-16-22)20-8-2-1-3-9-20/h4-7,10-20H,1-3,8-9H2. The molecule has 1 saturated carbocycles. The van der Waals surface area contributed by atoms with Gasteiger partial charge in [-0.05, 0) is 42.5 Å². The zero-order chi connectivity index (χ0) is 24.0. The molecule has 8 heteroatoms. The monoisotopic (exact) mass is 483 g/mol. The van der Waals surface area contributed by atoms with Gasteiger partial charge in [-0.2, -0.15) is 5.10 Å². The fraction of sp³-hybridized carbons (Fsp3) is 0.222. The molecule has 0 saturated heterocycles. The summed E-state index contributed by atoms with van der Waals surface area (Å²) in [5.41, 5.74) is 4.23. The number of nitro groups is 1. The fourth-order valence-corrected chi connectivity index (χ4v) is 5.28. The first-order chi connectivity index (χ1) is 17.2. The summed E-state index contributed by atoms with van der Waals surface area (Å²) in [5.74, 6) is 0.638. The molecule has 35 heavy (non-hydrogen) atoms. The van der Waals surface area contributed by atoms with E-state index in [1.807, 2.05) is 23.6 Å². The molecule has 0 N–H and O–H groups in total. The van der Waals surface area contributed by atoms with Gasteiger partial charge < -0.3 is 0 Å². The predicted molar refractivity (Wildman–Crippen MR) is 139 cm³/mol. The number of pyridine rings is 1. The lowest BCUT2D eigenvalue weighted by molar-refractivity contribution is -0.384. The van der Waals surface area contributed by atoms with Gasteiger partial charge in [-0.3, -0.25) is 15.1 Å². The van der Waals surface area contributed by atoms with Crippen LogP contribution in [0.25, 0.3) is 11.3 Å². The summed E-state index contributed by atoms with van der Waals surface area (Å²) in [7, 11) is 0. The topological polar surface area (TPSA) is 85.7 Å². The number of thiazole rings is 1. The van der Waals surface area contributed by atoms with Crippen molar-refractivity contribution < 1.29 is 4.92 Å². The maximum Gasteiger partial charge on any atom is 0.294 e.